The van der Waals surface area contributed by atoms with E-state index in [1.165, 1.54) is 0 Å². The van der Waals surface area contributed by atoms with Crippen LogP contribution in [0.3, 0.4) is 0 Å². The summed E-state index contributed by atoms with van der Waals surface area (Å²) in [5, 5.41) is 7.03. The number of carbonyl (C=O) groups excluding carboxylic acids is 1. The van der Waals surface area contributed by atoms with Crippen LogP contribution in [-0.4, -0.2) is 24.8 Å². The van der Waals surface area contributed by atoms with Gasteiger partial charge in [0.2, 0.25) is 0 Å². The Balaban J connectivity index is 2.09. The largest absolute Gasteiger partial charge is 0.497 e. The summed E-state index contributed by atoms with van der Waals surface area (Å²) in [4.78, 5) is 11.9. The number of esters is 1. The summed E-state index contributed by atoms with van der Waals surface area (Å²) in [6.07, 6.45) is 0.871. The summed E-state index contributed by atoms with van der Waals surface area (Å²) in [6.45, 7) is 6.18. The Kier molecular flexibility index (Phi) is 7.61. The van der Waals surface area contributed by atoms with Gasteiger partial charge < -0.3 is 20.1 Å². The average Bonchev–Trinajstić information content (AvgIpc) is 2.68. The third-order valence-corrected chi connectivity index (χ3v) is 4.45. The van der Waals surface area contributed by atoms with E-state index in [4.69, 9.17) is 21.7 Å². The van der Waals surface area contributed by atoms with Crippen LogP contribution in [0.5, 0.6) is 5.75 Å². The Hall–Kier alpha value is -2.60. The topological polar surface area (TPSA) is 59.6 Å². The number of hydrogen-bond acceptors (Lipinski definition) is 4. The molecule has 0 heterocycles. The highest BCUT2D eigenvalue weighted by atomic mass is 32.1. The lowest BCUT2D eigenvalue weighted by molar-refractivity contribution is 0.0526. The van der Waals surface area contributed by atoms with Crippen LogP contribution in [0.2, 0.25) is 0 Å². The SMILES string of the molecule is CCOC(=O)c1ccc(C)c(NC(=S)N[C@@H](CC)c2ccc(OC)cc2)c1. The van der Waals surface area contributed by atoms with Crippen molar-refractivity contribution in [3.63, 3.8) is 0 Å². The van der Waals surface area contributed by atoms with Gasteiger partial charge in [0.15, 0.2) is 5.11 Å². The Morgan fingerprint density at radius 3 is 2.44 bits per heavy atom. The number of carbonyl (C=O) groups is 1. The molecule has 0 aliphatic heterocycles. The summed E-state index contributed by atoms with van der Waals surface area (Å²) in [6, 6.07) is 13.4. The highest BCUT2D eigenvalue weighted by Crippen LogP contribution is 2.21. The van der Waals surface area contributed by atoms with E-state index in [0.717, 1.165) is 29.0 Å². The van der Waals surface area contributed by atoms with E-state index in [9.17, 15) is 4.79 Å². The first-order chi connectivity index (χ1) is 13.0. The molecule has 0 radical (unpaired) electrons. The highest BCUT2D eigenvalue weighted by molar-refractivity contribution is 7.80. The minimum atomic E-state index is -0.343. The lowest BCUT2D eigenvalue weighted by Crippen LogP contribution is -2.32. The molecule has 2 aromatic rings. The Morgan fingerprint density at radius 1 is 1.15 bits per heavy atom. The van der Waals surface area contributed by atoms with E-state index in [0.29, 0.717) is 17.3 Å². The van der Waals surface area contributed by atoms with E-state index >= 15 is 0 Å². The predicted octanol–water partition coefficient (Wildman–Crippen LogP) is 4.62. The summed E-state index contributed by atoms with van der Waals surface area (Å²) in [5.41, 5.74) is 3.39. The fourth-order valence-corrected chi connectivity index (χ4v) is 2.92. The van der Waals surface area contributed by atoms with Gasteiger partial charge in [-0.05, 0) is 67.9 Å². The highest BCUT2D eigenvalue weighted by Gasteiger charge is 2.13. The molecule has 0 unspecified atom stereocenters. The smallest absolute Gasteiger partial charge is 0.338 e. The lowest BCUT2D eigenvalue weighted by atomic mass is 10.0. The van der Waals surface area contributed by atoms with Crippen LogP contribution in [0.15, 0.2) is 42.5 Å². The molecule has 2 N–H and O–H groups in total. The molecule has 144 valence electrons. The van der Waals surface area contributed by atoms with Crippen molar-refractivity contribution in [3.8, 4) is 5.75 Å². The molecule has 5 nitrogen and oxygen atoms in total. The van der Waals surface area contributed by atoms with Crippen LogP contribution in [0.4, 0.5) is 5.69 Å². The Labute approximate surface area is 166 Å². The summed E-state index contributed by atoms with van der Waals surface area (Å²) < 4.78 is 10.3. The second-order valence-corrected chi connectivity index (χ2v) is 6.49. The summed E-state index contributed by atoms with van der Waals surface area (Å²) in [5.74, 6) is 0.477. The third-order valence-electron chi connectivity index (χ3n) is 4.23. The molecule has 0 aromatic heterocycles. The van der Waals surface area contributed by atoms with Crippen molar-refractivity contribution in [1.82, 2.24) is 5.32 Å². The molecule has 0 bridgehead atoms. The zero-order valence-corrected chi connectivity index (χ0v) is 17.0. The minimum absolute atomic E-state index is 0.0736. The monoisotopic (exact) mass is 386 g/mol. The van der Waals surface area contributed by atoms with Gasteiger partial charge in [-0.1, -0.05) is 25.1 Å². The number of methoxy groups -OCH3 is 1. The zero-order valence-electron chi connectivity index (χ0n) is 16.2. The van der Waals surface area contributed by atoms with E-state index in [2.05, 4.69) is 17.6 Å². The average molecular weight is 387 g/mol. The molecule has 2 aromatic carbocycles. The van der Waals surface area contributed by atoms with Crippen molar-refractivity contribution in [3.05, 3.63) is 59.2 Å². The molecule has 0 amide bonds. The van der Waals surface area contributed by atoms with Crippen molar-refractivity contribution < 1.29 is 14.3 Å². The molecule has 2 rings (SSSR count). The lowest BCUT2D eigenvalue weighted by Gasteiger charge is -2.21. The van der Waals surface area contributed by atoms with Crippen molar-refractivity contribution in [2.24, 2.45) is 0 Å². The van der Waals surface area contributed by atoms with Gasteiger partial charge in [0.25, 0.3) is 0 Å². The second-order valence-electron chi connectivity index (χ2n) is 6.08. The maximum Gasteiger partial charge on any atom is 0.338 e. The van der Waals surface area contributed by atoms with E-state index < -0.39 is 0 Å². The van der Waals surface area contributed by atoms with Crippen LogP contribution < -0.4 is 15.4 Å². The van der Waals surface area contributed by atoms with Gasteiger partial charge in [-0.3, -0.25) is 0 Å². The quantitative estimate of drug-likeness (QED) is 0.535. The number of nitrogens with one attached hydrogen (secondary N) is 2. The number of benzene rings is 2. The van der Waals surface area contributed by atoms with E-state index in [1.54, 1.807) is 26.2 Å². The van der Waals surface area contributed by atoms with Crippen molar-refractivity contribution in [1.29, 1.82) is 0 Å². The van der Waals surface area contributed by atoms with Gasteiger partial charge in [-0.25, -0.2) is 4.79 Å². The van der Waals surface area contributed by atoms with Gasteiger partial charge in [0.05, 0.1) is 25.3 Å². The fraction of sp³-hybridized carbons (Fsp3) is 0.333. The molecular weight excluding hydrogens is 360 g/mol. The minimum Gasteiger partial charge on any atom is -0.497 e. The molecule has 1 atom stereocenters. The zero-order chi connectivity index (χ0) is 19.8. The van der Waals surface area contributed by atoms with Gasteiger partial charge in [-0.15, -0.1) is 0 Å². The van der Waals surface area contributed by atoms with Crippen LogP contribution in [0.25, 0.3) is 0 Å². The number of ether oxygens (including phenoxy) is 2. The van der Waals surface area contributed by atoms with E-state index in [1.807, 2.05) is 37.3 Å². The van der Waals surface area contributed by atoms with Crippen molar-refractivity contribution >= 4 is 29.0 Å². The first kappa shape index (κ1) is 20.7. The molecule has 0 aliphatic carbocycles. The van der Waals surface area contributed by atoms with Crippen LogP contribution in [-0.2, 0) is 4.74 Å². The fourth-order valence-electron chi connectivity index (χ4n) is 2.67. The van der Waals surface area contributed by atoms with E-state index in [-0.39, 0.29) is 12.0 Å². The predicted molar refractivity (Wildman–Crippen MR) is 113 cm³/mol. The Bertz CT molecular complexity index is 791. The standard InChI is InChI=1S/C21H26N2O3S/c1-5-18(15-9-11-17(25-4)12-10-15)22-21(27)23-19-13-16(8-7-14(19)3)20(24)26-6-2/h7-13,18H,5-6H2,1-4H3,(H2,22,23,27)/t18-/m0/s1. The molecule has 0 saturated carbocycles. The third kappa shape index (κ3) is 5.69. The summed E-state index contributed by atoms with van der Waals surface area (Å²) >= 11 is 5.48. The van der Waals surface area contributed by atoms with Gasteiger partial charge in [-0.2, -0.15) is 0 Å². The van der Waals surface area contributed by atoms with Crippen molar-refractivity contribution in [2.45, 2.75) is 33.2 Å². The van der Waals surface area contributed by atoms with Gasteiger partial charge in [0, 0.05) is 5.69 Å². The molecule has 0 saturated heterocycles. The molecule has 6 heteroatoms. The number of hydrogen-bond donors (Lipinski definition) is 2. The first-order valence-corrected chi connectivity index (χ1v) is 9.38. The number of aryl methyl sites for hydroxylation is 1. The maximum atomic E-state index is 11.9. The second kappa shape index (κ2) is 9.92. The normalized spacial score (nSPS) is 11.4. The van der Waals surface area contributed by atoms with Crippen molar-refractivity contribution in [2.75, 3.05) is 19.0 Å². The molecule has 0 fully saturated rings. The van der Waals surface area contributed by atoms with Crippen LogP contribution >= 0.6 is 12.2 Å². The first-order valence-electron chi connectivity index (χ1n) is 8.97. The summed E-state index contributed by atoms with van der Waals surface area (Å²) in [7, 11) is 1.65. The van der Waals surface area contributed by atoms with Crippen LogP contribution in [0.1, 0.15) is 47.8 Å². The van der Waals surface area contributed by atoms with Gasteiger partial charge in [0.1, 0.15) is 5.75 Å². The molecule has 0 aliphatic rings. The molecular formula is C21H26N2O3S. The molecule has 0 spiro atoms. The number of anilines is 1. The molecule has 27 heavy (non-hydrogen) atoms. The Morgan fingerprint density at radius 2 is 1.85 bits per heavy atom. The number of rotatable bonds is 7. The maximum absolute atomic E-state index is 11.9. The van der Waals surface area contributed by atoms with Crippen LogP contribution in [0, 0.1) is 6.92 Å². The number of thiocarbonyl (C=S) groups is 1. The van der Waals surface area contributed by atoms with Gasteiger partial charge >= 0.3 is 5.97 Å².